The van der Waals surface area contributed by atoms with E-state index in [-0.39, 0.29) is 49.6 Å². The van der Waals surface area contributed by atoms with E-state index in [1.165, 1.54) is 0 Å². The number of rotatable bonds is 34. The average molecular weight is 1130 g/mol. The van der Waals surface area contributed by atoms with E-state index in [1.54, 1.807) is 71.1 Å². The van der Waals surface area contributed by atoms with Crippen molar-refractivity contribution in [3.63, 3.8) is 0 Å². The maximum atomic E-state index is 12.6. The molecule has 4 aromatic rings. The standard InChI is InChI=1S/C60H84N2O14.2ClH/c1-61(2,31-27-47-41-51(67-7)49(65-5)39-45(47)25-23-43-35-53(69-9)59(73-13)54(36-43)70-10)29-19-33-75-57(63)21-17-15-16-18-22-58(64)76-34-20-30-62(3,4)32-28-48-42-52(68-8)50(66-6)40-46(48)26-24-44-37-55(71-11)60(74-14)56(38-44)72-12;;/h15-16,23-26,35-42H,17-22,27-34H2,1-14H3;2*1H/q+2;;/p-2/b16-15+,25-23-,26-24-;;. The van der Waals surface area contributed by atoms with Crippen molar-refractivity contribution in [2.24, 2.45) is 0 Å². The first kappa shape index (κ1) is 67.6. The third-order valence-electron chi connectivity index (χ3n) is 13.1. The summed E-state index contributed by atoms with van der Waals surface area (Å²) < 4.78 is 68.4. The van der Waals surface area contributed by atoms with E-state index in [0.717, 1.165) is 94.2 Å². The largest absolute Gasteiger partial charge is 1.00 e. The number of hydrogen-bond acceptors (Lipinski definition) is 14. The predicted molar refractivity (Wildman–Crippen MR) is 299 cm³/mol. The fourth-order valence-electron chi connectivity index (χ4n) is 8.59. The SMILES string of the molecule is COc1cc(/C=C\c2cc(OC)c(OC)c(OC)c2)c(CC[N+](C)(C)CCCOC(=O)CC/C=C/CCC(=O)OCCC[N+](C)(C)CCc2cc(OC)c(OC)cc2/C=C\c2cc(OC)c(OC)c(OC)c2)cc1OC.[Cl-].[Cl-]. The molecule has 0 amide bonds. The molecule has 0 heterocycles. The number of esters is 2. The lowest BCUT2D eigenvalue weighted by Gasteiger charge is -2.30. The third kappa shape index (κ3) is 21.1. The fourth-order valence-corrected chi connectivity index (χ4v) is 8.59. The predicted octanol–water partition coefficient (Wildman–Crippen LogP) is 4.04. The normalized spacial score (nSPS) is 11.4. The molecule has 0 radical (unpaired) electrons. The smallest absolute Gasteiger partial charge is 0.306 e. The van der Waals surface area contributed by atoms with Gasteiger partial charge >= 0.3 is 11.9 Å². The zero-order valence-electron chi connectivity index (χ0n) is 48.3. The molecule has 0 aliphatic rings. The van der Waals surface area contributed by atoms with Crippen LogP contribution in [0.3, 0.4) is 0 Å². The Morgan fingerprint density at radius 2 is 0.705 bits per heavy atom. The Morgan fingerprint density at radius 1 is 0.397 bits per heavy atom. The molecule has 0 aliphatic carbocycles. The molecule has 0 bridgehead atoms. The minimum Gasteiger partial charge on any atom is -1.00 e. The molecule has 4 aromatic carbocycles. The van der Waals surface area contributed by atoms with Gasteiger partial charge in [-0.3, -0.25) is 9.59 Å². The highest BCUT2D eigenvalue weighted by atomic mass is 35.5. The lowest BCUT2D eigenvalue weighted by Crippen LogP contribution is -3.00. The Balaban J connectivity index is 0.0000104. The van der Waals surface area contributed by atoms with Crippen molar-refractivity contribution < 1.29 is 100 Å². The van der Waals surface area contributed by atoms with Gasteiger partial charge in [0.15, 0.2) is 46.0 Å². The van der Waals surface area contributed by atoms with Crippen molar-refractivity contribution in [2.45, 2.75) is 51.4 Å². The van der Waals surface area contributed by atoms with E-state index in [0.29, 0.717) is 83.6 Å². The van der Waals surface area contributed by atoms with Crippen LogP contribution >= 0.6 is 0 Å². The molecule has 0 saturated heterocycles. The number of benzene rings is 4. The molecule has 4 rings (SSSR count). The van der Waals surface area contributed by atoms with E-state index in [9.17, 15) is 9.59 Å². The highest BCUT2D eigenvalue weighted by Gasteiger charge is 2.21. The first-order valence-electron chi connectivity index (χ1n) is 25.6. The quantitative estimate of drug-likeness (QED) is 0.0218. The summed E-state index contributed by atoms with van der Waals surface area (Å²) in [5.41, 5.74) is 5.97. The molecule has 0 spiro atoms. The summed E-state index contributed by atoms with van der Waals surface area (Å²) in [6.45, 7) is 4.03. The molecule has 78 heavy (non-hydrogen) atoms. The number of ether oxygens (including phenoxy) is 12. The van der Waals surface area contributed by atoms with Gasteiger partial charge in [-0.25, -0.2) is 0 Å². The fraction of sp³-hybridized carbons (Fsp3) is 0.467. The minimum absolute atomic E-state index is 0. The van der Waals surface area contributed by atoms with Gasteiger partial charge in [0, 0.05) is 38.5 Å². The van der Waals surface area contributed by atoms with Crippen LogP contribution in [-0.2, 0) is 31.9 Å². The first-order valence-corrected chi connectivity index (χ1v) is 25.6. The summed E-state index contributed by atoms with van der Waals surface area (Å²) in [5.74, 6) is 5.49. The van der Waals surface area contributed by atoms with Gasteiger partial charge in [0.1, 0.15) is 0 Å². The molecule has 432 valence electrons. The maximum Gasteiger partial charge on any atom is 0.306 e. The lowest BCUT2D eigenvalue weighted by atomic mass is 10.0. The second-order valence-corrected chi connectivity index (χ2v) is 19.4. The van der Waals surface area contributed by atoms with Gasteiger partial charge in [-0.15, -0.1) is 0 Å². The van der Waals surface area contributed by atoms with Gasteiger partial charge in [-0.2, -0.15) is 0 Å². The van der Waals surface area contributed by atoms with Crippen molar-refractivity contribution in [1.29, 1.82) is 0 Å². The van der Waals surface area contributed by atoms with Crippen LogP contribution in [0.25, 0.3) is 24.3 Å². The van der Waals surface area contributed by atoms with Crippen molar-refractivity contribution in [3.05, 3.63) is 94.1 Å². The van der Waals surface area contributed by atoms with E-state index in [4.69, 9.17) is 56.8 Å². The van der Waals surface area contributed by atoms with Gasteiger partial charge in [0.05, 0.1) is 139 Å². The van der Waals surface area contributed by atoms with Crippen molar-refractivity contribution in [3.8, 4) is 57.5 Å². The molecule has 0 N–H and O–H groups in total. The van der Waals surface area contributed by atoms with E-state index >= 15 is 0 Å². The molecule has 0 aliphatic heterocycles. The van der Waals surface area contributed by atoms with Gasteiger partial charge in [-0.1, -0.05) is 36.5 Å². The number of hydrogen-bond donors (Lipinski definition) is 0. The van der Waals surface area contributed by atoms with Gasteiger partial charge < -0.3 is 90.6 Å². The van der Waals surface area contributed by atoms with E-state index in [2.05, 4.69) is 28.2 Å². The number of allylic oxidation sites excluding steroid dienone is 2. The Labute approximate surface area is 476 Å². The van der Waals surface area contributed by atoms with Crippen LogP contribution in [0, 0.1) is 0 Å². The van der Waals surface area contributed by atoms with Crippen LogP contribution in [0.5, 0.6) is 57.5 Å². The number of carbonyl (C=O) groups is 2. The molecular formula is C60H84Cl2N2O14. The molecule has 0 fully saturated rings. The average Bonchev–Trinajstić information content (AvgIpc) is 3.42. The summed E-state index contributed by atoms with van der Waals surface area (Å²) in [7, 11) is 24.8. The molecule has 0 atom stereocenters. The molecule has 18 heteroatoms. The summed E-state index contributed by atoms with van der Waals surface area (Å²) in [6.07, 6.45) is 16.6. The molecule has 0 saturated carbocycles. The van der Waals surface area contributed by atoms with Crippen molar-refractivity contribution in [2.75, 3.05) is 139 Å². The van der Waals surface area contributed by atoms with Crippen LogP contribution in [0.2, 0.25) is 0 Å². The summed E-state index contributed by atoms with van der Waals surface area (Å²) in [6, 6.07) is 15.6. The van der Waals surface area contributed by atoms with Gasteiger partial charge in [0.25, 0.3) is 0 Å². The van der Waals surface area contributed by atoms with Crippen LogP contribution < -0.4 is 72.2 Å². The highest BCUT2D eigenvalue weighted by molar-refractivity contribution is 5.77. The molecular weight excluding hydrogens is 1040 g/mol. The summed E-state index contributed by atoms with van der Waals surface area (Å²) in [4.78, 5) is 25.1. The maximum absolute atomic E-state index is 12.6. The second-order valence-electron chi connectivity index (χ2n) is 19.4. The van der Waals surface area contributed by atoms with Gasteiger partial charge in [-0.05, 0) is 94.8 Å². The summed E-state index contributed by atoms with van der Waals surface area (Å²) >= 11 is 0. The van der Waals surface area contributed by atoms with Crippen LogP contribution in [0.1, 0.15) is 71.9 Å². The monoisotopic (exact) mass is 1130 g/mol. The zero-order valence-corrected chi connectivity index (χ0v) is 49.9. The van der Waals surface area contributed by atoms with E-state index < -0.39 is 0 Å². The van der Waals surface area contributed by atoms with Crippen LogP contribution in [0.15, 0.2) is 60.7 Å². The van der Waals surface area contributed by atoms with Crippen LogP contribution in [0.4, 0.5) is 0 Å². The highest BCUT2D eigenvalue weighted by Crippen LogP contribution is 2.41. The Hall–Kier alpha value is -6.46. The number of likely N-dealkylation sites (N-methyl/N-ethyl adjacent to an activating group) is 2. The Morgan fingerprint density at radius 3 is 1.00 bits per heavy atom. The van der Waals surface area contributed by atoms with Crippen molar-refractivity contribution >= 4 is 36.2 Å². The minimum atomic E-state index is -0.238. The lowest BCUT2D eigenvalue weighted by molar-refractivity contribution is -0.890. The Bertz CT molecular complexity index is 2370. The van der Waals surface area contributed by atoms with Crippen LogP contribution in [-0.4, -0.2) is 160 Å². The molecule has 16 nitrogen and oxygen atoms in total. The van der Waals surface area contributed by atoms with E-state index in [1.807, 2.05) is 85.0 Å². The number of quaternary nitrogens is 2. The topological polar surface area (TPSA) is 145 Å². The number of carbonyl (C=O) groups excluding carboxylic acids is 2. The van der Waals surface area contributed by atoms with Gasteiger partial charge in [0.2, 0.25) is 11.5 Å². The first-order chi connectivity index (χ1) is 36.5. The molecule has 0 unspecified atom stereocenters. The second kappa shape index (κ2) is 34.4. The third-order valence-corrected chi connectivity index (χ3v) is 13.1. The zero-order chi connectivity index (χ0) is 55.7. The molecule has 0 aromatic heterocycles. The number of halogens is 2. The number of nitrogens with zero attached hydrogens (tertiary/aromatic N) is 2. The number of methoxy groups -OCH3 is 10. The van der Waals surface area contributed by atoms with Crippen molar-refractivity contribution in [1.82, 2.24) is 0 Å². The summed E-state index contributed by atoms with van der Waals surface area (Å²) in [5, 5.41) is 0. The Kier molecular flexibility index (Phi) is 29.9.